The first-order chi connectivity index (χ1) is 6.76. The van der Waals surface area contributed by atoms with Crippen molar-refractivity contribution in [2.24, 2.45) is 0 Å². The molecule has 14 heavy (non-hydrogen) atoms. The van der Waals surface area contributed by atoms with Gasteiger partial charge in [0.25, 0.3) is 0 Å². The van der Waals surface area contributed by atoms with E-state index in [2.05, 4.69) is 6.07 Å². The third kappa shape index (κ3) is 1.60. The first kappa shape index (κ1) is 10.1. The van der Waals surface area contributed by atoms with Crippen LogP contribution in [0.5, 0.6) is 5.75 Å². The first-order valence-electron chi connectivity index (χ1n) is 4.09. The van der Waals surface area contributed by atoms with E-state index in [1.165, 1.54) is 0 Å². The molecule has 1 heterocycles. The van der Waals surface area contributed by atoms with Gasteiger partial charge in [-0.25, -0.2) is 0 Å². The van der Waals surface area contributed by atoms with Gasteiger partial charge in [0.05, 0.1) is 0 Å². The summed E-state index contributed by atoms with van der Waals surface area (Å²) in [7, 11) is 0. The second-order valence-corrected chi connectivity index (χ2v) is 4.97. The van der Waals surface area contributed by atoms with Crippen molar-refractivity contribution in [3.05, 3.63) is 23.1 Å². The second kappa shape index (κ2) is 4.01. The molecule has 0 saturated heterocycles. The van der Waals surface area contributed by atoms with Crippen molar-refractivity contribution >= 4 is 44.8 Å². The maximum Gasteiger partial charge on any atom is 0.125 e. The minimum atomic E-state index is 0.337. The lowest BCUT2D eigenvalue weighted by Crippen LogP contribution is -1.76. The van der Waals surface area contributed by atoms with Gasteiger partial charge in [0.1, 0.15) is 5.75 Å². The van der Waals surface area contributed by atoms with E-state index in [1.807, 2.05) is 11.6 Å². The topological polar surface area (TPSA) is 20.2 Å². The maximum absolute atomic E-state index is 9.82. The van der Waals surface area contributed by atoms with Crippen LogP contribution in [0.2, 0.25) is 0 Å². The Morgan fingerprint density at radius 1 is 1.50 bits per heavy atom. The van der Waals surface area contributed by atoms with Gasteiger partial charge in [0, 0.05) is 20.9 Å². The summed E-state index contributed by atoms with van der Waals surface area (Å²) in [4.78, 5) is 1.08. The van der Waals surface area contributed by atoms with Gasteiger partial charge in [-0.15, -0.1) is 34.7 Å². The summed E-state index contributed by atoms with van der Waals surface area (Å²) in [6.07, 6.45) is 2.00. The lowest BCUT2D eigenvalue weighted by atomic mass is 10.2. The van der Waals surface area contributed by atoms with Gasteiger partial charge in [-0.2, -0.15) is 0 Å². The molecule has 1 nitrogen and oxygen atoms in total. The highest BCUT2D eigenvalue weighted by Gasteiger charge is 2.09. The molecule has 0 fully saturated rings. The van der Waals surface area contributed by atoms with E-state index < -0.39 is 0 Å². The molecule has 0 amide bonds. The highest BCUT2D eigenvalue weighted by molar-refractivity contribution is 7.98. The van der Waals surface area contributed by atoms with Gasteiger partial charge in [0.2, 0.25) is 0 Å². The zero-order valence-corrected chi connectivity index (χ0v) is 9.97. The van der Waals surface area contributed by atoms with Crippen molar-refractivity contribution in [1.29, 1.82) is 0 Å². The number of hydrogen-bond acceptors (Lipinski definition) is 3. The predicted octanol–water partition coefficient (Wildman–Crippen LogP) is 4.07. The quantitative estimate of drug-likeness (QED) is 0.635. The number of halogens is 1. The fourth-order valence-electron chi connectivity index (χ4n) is 1.40. The molecule has 0 unspecified atom stereocenters. The second-order valence-electron chi connectivity index (χ2n) is 2.91. The van der Waals surface area contributed by atoms with E-state index in [1.54, 1.807) is 29.2 Å². The van der Waals surface area contributed by atoms with E-state index >= 15 is 0 Å². The molecule has 1 N–H and O–H groups in total. The summed E-state index contributed by atoms with van der Waals surface area (Å²) in [5.74, 6) is 0.787. The molecule has 0 atom stereocenters. The van der Waals surface area contributed by atoms with Gasteiger partial charge in [-0.05, 0) is 29.3 Å². The number of phenolic OH excluding ortho intramolecular Hbond substituents is 1. The molecule has 0 aliphatic heterocycles. The minimum absolute atomic E-state index is 0.337. The van der Waals surface area contributed by atoms with Gasteiger partial charge >= 0.3 is 0 Å². The molecule has 0 aliphatic rings. The molecule has 0 bridgehead atoms. The maximum atomic E-state index is 9.82. The monoisotopic (exact) mass is 244 g/mol. The van der Waals surface area contributed by atoms with Crippen LogP contribution in [-0.2, 0) is 5.88 Å². The standard InChI is InChI=1S/C10H9ClOS2/c1-13-7-2-8(12)10-6(4-11)5-14-9(10)3-7/h2-3,5,12H,4H2,1H3. The van der Waals surface area contributed by atoms with Crippen LogP contribution >= 0.6 is 34.7 Å². The van der Waals surface area contributed by atoms with Gasteiger partial charge in [0.15, 0.2) is 0 Å². The largest absolute Gasteiger partial charge is 0.507 e. The molecule has 0 spiro atoms. The van der Waals surface area contributed by atoms with Crippen molar-refractivity contribution in [3.8, 4) is 5.75 Å². The van der Waals surface area contributed by atoms with E-state index in [0.29, 0.717) is 11.6 Å². The van der Waals surface area contributed by atoms with Gasteiger partial charge < -0.3 is 5.11 Å². The third-order valence-electron chi connectivity index (χ3n) is 2.08. The van der Waals surface area contributed by atoms with Crippen LogP contribution in [0.15, 0.2) is 22.4 Å². The molecule has 1 aromatic heterocycles. The molecular weight excluding hydrogens is 236 g/mol. The van der Waals surface area contributed by atoms with Crippen LogP contribution < -0.4 is 0 Å². The predicted molar refractivity (Wildman–Crippen MR) is 64.8 cm³/mol. The number of alkyl halides is 1. The molecule has 74 valence electrons. The molecule has 0 radical (unpaired) electrons. The Balaban J connectivity index is 2.72. The Morgan fingerprint density at radius 2 is 2.29 bits per heavy atom. The Kier molecular flexibility index (Phi) is 2.91. The highest BCUT2D eigenvalue weighted by atomic mass is 35.5. The lowest BCUT2D eigenvalue weighted by molar-refractivity contribution is 0.480. The number of thioether (sulfide) groups is 1. The normalized spacial score (nSPS) is 11.0. The molecule has 4 heteroatoms. The summed E-state index contributed by atoms with van der Waals surface area (Å²) in [5.41, 5.74) is 1.01. The zero-order chi connectivity index (χ0) is 10.1. The number of aromatic hydroxyl groups is 1. The van der Waals surface area contributed by atoms with Crippen LogP contribution in [-0.4, -0.2) is 11.4 Å². The van der Waals surface area contributed by atoms with Gasteiger partial charge in [-0.3, -0.25) is 0 Å². The number of fused-ring (bicyclic) bond motifs is 1. The van der Waals surface area contributed by atoms with Crippen LogP contribution in [0.1, 0.15) is 5.56 Å². The molecule has 0 saturated carbocycles. The summed E-state index contributed by atoms with van der Waals surface area (Å²) in [5, 5.41) is 12.7. The van der Waals surface area contributed by atoms with Crippen molar-refractivity contribution in [2.75, 3.05) is 6.26 Å². The summed E-state index contributed by atoms with van der Waals surface area (Å²) >= 11 is 9.04. The highest BCUT2D eigenvalue weighted by Crippen LogP contribution is 2.37. The number of benzene rings is 1. The summed E-state index contributed by atoms with van der Waals surface area (Å²) < 4.78 is 1.10. The van der Waals surface area contributed by atoms with E-state index in [4.69, 9.17) is 11.6 Å². The number of rotatable bonds is 2. The van der Waals surface area contributed by atoms with Crippen LogP contribution in [0, 0.1) is 0 Å². The molecule has 1 aromatic carbocycles. The zero-order valence-electron chi connectivity index (χ0n) is 7.58. The van der Waals surface area contributed by atoms with Crippen LogP contribution in [0.3, 0.4) is 0 Å². The van der Waals surface area contributed by atoms with E-state index in [0.717, 1.165) is 20.5 Å². The molecular formula is C10H9ClOS2. The molecule has 2 rings (SSSR count). The number of thiophene rings is 1. The smallest absolute Gasteiger partial charge is 0.125 e. The minimum Gasteiger partial charge on any atom is -0.507 e. The summed E-state index contributed by atoms with van der Waals surface area (Å²) in [6.45, 7) is 0. The van der Waals surface area contributed by atoms with E-state index in [9.17, 15) is 5.11 Å². The average molecular weight is 245 g/mol. The van der Waals surface area contributed by atoms with Crippen molar-refractivity contribution < 1.29 is 5.11 Å². The first-order valence-corrected chi connectivity index (χ1v) is 6.73. The Morgan fingerprint density at radius 3 is 2.93 bits per heavy atom. The fraction of sp³-hybridized carbons (Fsp3) is 0.200. The average Bonchev–Trinajstić information content (AvgIpc) is 2.61. The Hall–Kier alpha value is -0.380. The SMILES string of the molecule is CSc1cc(O)c2c(CCl)csc2c1. The van der Waals surface area contributed by atoms with Gasteiger partial charge in [-0.1, -0.05) is 0 Å². The summed E-state index contributed by atoms with van der Waals surface area (Å²) in [6, 6.07) is 3.87. The molecule has 0 aliphatic carbocycles. The fourth-order valence-corrected chi connectivity index (χ4v) is 3.26. The van der Waals surface area contributed by atoms with E-state index in [-0.39, 0.29) is 0 Å². The third-order valence-corrected chi connectivity index (χ3v) is 4.06. The van der Waals surface area contributed by atoms with Crippen LogP contribution in [0.25, 0.3) is 10.1 Å². The van der Waals surface area contributed by atoms with Crippen molar-refractivity contribution in [1.82, 2.24) is 0 Å². The van der Waals surface area contributed by atoms with Crippen LogP contribution in [0.4, 0.5) is 0 Å². The Bertz CT molecular complexity index is 464. The number of hydrogen-bond donors (Lipinski definition) is 1. The van der Waals surface area contributed by atoms with Crippen molar-refractivity contribution in [2.45, 2.75) is 10.8 Å². The molecule has 2 aromatic rings. The lowest BCUT2D eigenvalue weighted by Gasteiger charge is -2.01. The van der Waals surface area contributed by atoms with Crippen molar-refractivity contribution in [3.63, 3.8) is 0 Å². The Labute approximate surface area is 95.7 Å². The number of phenols is 1.